The lowest BCUT2D eigenvalue weighted by molar-refractivity contribution is 0.0918. The summed E-state index contributed by atoms with van der Waals surface area (Å²) in [6, 6.07) is 1.43. The topological polar surface area (TPSA) is 51.2 Å². The summed E-state index contributed by atoms with van der Waals surface area (Å²) in [5, 5.41) is 3.18. The molecule has 0 bridgehead atoms. The fraction of sp³-hybridized carbons (Fsp3) is 0.333. The van der Waals surface area contributed by atoms with Crippen LogP contribution in [0.3, 0.4) is 0 Å². The number of nitrogens with zero attached hydrogens (tertiary/aromatic N) is 1. The zero-order valence-corrected chi connectivity index (χ0v) is 11.3. The maximum absolute atomic E-state index is 11.8. The number of nitrogens with one attached hydrogen (secondary N) is 1. The third-order valence-electron chi connectivity index (χ3n) is 2.06. The maximum atomic E-state index is 11.8. The van der Waals surface area contributed by atoms with E-state index in [9.17, 15) is 4.79 Å². The first kappa shape index (κ1) is 15.0. The fourth-order valence-corrected chi connectivity index (χ4v) is 1.53. The Morgan fingerprint density at radius 2 is 2.28 bits per heavy atom. The maximum Gasteiger partial charge on any atom is 0.253 e. The van der Waals surface area contributed by atoms with Gasteiger partial charge in [-0.05, 0) is 12.5 Å². The Kier molecular flexibility index (Phi) is 6.72. The lowest BCUT2D eigenvalue weighted by Crippen LogP contribution is -2.27. The standard InChI is InChI=1S/C12H14Cl2N2O2/c1-2-3-5-18-6-4-15-12(17)9-7-11(14)16-8-10(9)13/h2,7-8H,1,3-6H2,(H,15,17). The van der Waals surface area contributed by atoms with Crippen LogP contribution in [0.2, 0.25) is 10.2 Å². The summed E-state index contributed by atoms with van der Waals surface area (Å²) in [6.07, 6.45) is 3.91. The van der Waals surface area contributed by atoms with Crippen molar-refractivity contribution >= 4 is 29.1 Å². The molecule has 0 aromatic carbocycles. The molecule has 1 amide bonds. The van der Waals surface area contributed by atoms with Gasteiger partial charge in [0.2, 0.25) is 0 Å². The molecule has 0 unspecified atom stereocenters. The van der Waals surface area contributed by atoms with Crippen molar-refractivity contribution in [3.05, 3.63) is 40.7 Å². The van der Waals surface area contributed by atoms with Crippen molar-refractivity contribution in [1.82, 2.24) is 10.3 Å². The van der Waals surface area contributed by atoms with Crippen molar-refractivity contribution < 1.29 is 9.53 Å². The van der Waals surface area contributed by atoms with Gasteiger partial charge in [0.1, 0.15) is 5.15 Å². The van der Waals surface area contributed by atoms with E-state index in [1.54, 1.807) is 6.08 Å². The van der Waals surface area contributed by atoms with Crippen LogP contribution in [0, 0.1) is 0 Å². The molecule has 18 heavy (non-hydrogen) atoms. The van der Waals surface area contributed by atoms with Gasteiger partial charge in [0, 0.05) is 12.7 Å². The highest BCUT2D eigenvalue weighted by Gasteiger charge is 2.10. The number of aromatic nitrogens is 1. The number of carbonyl (C=O) groups excluding carboxylic acids is 1. The van der Waals surface area contributed by atoms with Gasteiger partial charge in [-0.25, -0.2) is 4.98 Å². The monoisotopic (exact) mass is 288 g/mol. The fourth-order valence-electron chi connectivity index (χ4n) is 1.19. The van der Waals surface area contributed by atoms with Gasteiger partial charge >= 0.3 is 0 Å². The Morgan fingerprint density at radius 1 is 1.50 bits per heavy atom. The van der Waals surface area contributed by atoms with Crippen LogP contribution in [0.25, 0.3) is 0 Å². The zero-order chi connectivity index (χ0) is 13.4. The molecule has 1 heterocycles. The molecule has 6 heteroatoms. The van der Waals surface area contributed by atoms with Crippen LogP contribution < -0.4 is 5.32 Å². The highest BCUT2D eigenvalue weighted by Crippen LogP contribution is 2.17. The first-order valence-electron chi connectivity index (χ1n) is 5.43. The van der Waals surface area contributed by atoms with Gasteiger partial charge in [-0.2, -0.15) is 0 Å². The molecule has 1 aromatic rings. The third kappa shape index (κ3) is 5.04. The summed E-state index contributed by atoms with van der Waals surface area (Å²) < 4.78 is 5.26. The number of ether oxygens (including phenoxy) is 1. The molecular weight excluding hydrogens is 275 g/mol. The molecular formula is C12H14Cl2N2O2. The molecule has 1 rings (SSSR count). The second-order valence-corrected chi connectivity index (χ2v) is 4.23. The van der Waals surface area contributed by atoms with Crippen molar-refractivity contribution in [3.63, 3.8) is 0 Å². The minimum absolute atomic E-state index is 0.229. The molecule has 0 aliphatic heterocycles. The van der Waals surface area contributed by atoms with Gasteiger partial charge < -0.3 is 10.1 Å². The van der Waals surface area contributed by atoms with E-state index in [0.717, 1.165) is 6.42 Å². The number of halogens is 2. The van der Waals surface area contributed by atoms with E-state index in [0.29, 0.717) is 25.3 Å². The SMILES string of the molecule is C=CCCOCCNC(=O)c1cc(Cl)ncc1Cl. The second-order valence-electron chi connectivity index (χ2n) is 3.43. The van der Waals surface area contributed by atoms with Crippen LogP contribution in [0.4, 0.5) is 0 Å². The number of rotatable bonds is 7. The predicted molar refractivity (Wildman–Crippen MR) is 72.2 cm³/mol. The third-order valence-corrected chi connectivity index (χ3v) is 2.57. The minimum Gasteiger partial charge on any atom is -0.379 e. The number of amides is 1. The van der Waals surface area contributed by atoms with Crippen molar-refractivity contribution in [3.8, 4) is 0 Å². The summed E-state index contributed by atoms with van der Waals surface area (Å²) in [5.41, 5.74) is 0.308. The number of hydrogen-bond acceptors (Lipinski definition) is 3. The highest BCUT2D eigenvalue weighted by molar-refractivity contribution is 6.35. The van der Waals surface area contributed by atoms with Gasteiger partial charge in [0.05, 0.1) is 23.8 Å². The Bertz CT molecular complexity index is 425. The average Bonchev–Trinajstić information content (AvgIpc) is 2.36. The van der Waals surface area contributed by atoms with Crippen LogP contribution in [0.1, 0.15) is 16.8 Å². The molecule has 4 nitrogen and oxygen atoms in total. The van der Waals surface area contributed by atoms with E-state index < -0.39 is 0 Å². The van der Waals surface area contributed by atoms with Crippen molar-refractivity contribution in [2.24, 2.45) is 0 Å². The minimum atomic E-state index is -0.295. The van der Waals surface area contributed by atoms with Crippen LogP contribution in [0.15, 0.2) is 24.9 Å². The van der Waals surface area contributed by atoms with Crippen molar-refractivity contribution in [1.29, 1.82) is 0 Å². The summed E-state index contributed by atoms with van der Waals surface area (Å²) in [4.78, 5) is 15.5. The van der Waals surface area contributed by atoms with Gasteiger partial charge in [0.15, 0.2) is 0 Å². The molecule has 0 aliphatic rings. The Labute approximate surface area is 116 Å². The van der Waals surface area contributed by atoms with Crippen LogP contribution >= 0.6 is 23.2 Å². The molecule has 0 aliphatic carbocycles. The van der Waals surface area contributed by atoms with Crippen LogP contribution in [-0.2, 0) is 4.74 Å². The summed E-state index contributed by atoms with van der Waals surface area (Å²) in [7, 11) is 0. The molecule has 1 aromatic heterocycles. The Balaban J connectivity index is 2.36. The number of carbonyl (C=O) groups is 1. The van der Waals surface area contributed by atoms with Crippen LogP contribution in [-0.4, -0.2) is 30.6 Å². The lowest BCUT2D eigenvalue weighted by atomic mass is 10.2. The lowest BCUT2D eigenvalue weighted by Gasteiger charge is -2.07. The van der Waals surface area contributed by atoms with E-state index >= 15 is 0 Å². The quantitative estimate of drug-likeness (QED) is 0.477. The first-order chi connectivity index (χ1) is 8.65. The average molecular weight is 289 g/mol. The van der Waals surface area contributed by atoms with Crippen molar-refractivity contribution in [2.75, 3.05) is 19.8 Å². The summed E-state index contributed by atoms with van der Waals surface area (Å²) in [6.45, 7) is 5.03. The summed E-state index contributed by atoms with van der Waals surface area (Å²) >= 11 is 11.5. The van der Waals surface area contributed by atoms with E-state index in [-0.39, 0.29) is 16.1 Å². The molecule has 0 saturated carbocycles. The predicted octanol–water partition coefficient (Wildman–Crippen LogP) is 2.71. The smallest absolute Gasteiger partial charge is 0.253 e. The van der Waals surface area contributed by atoms with E-state index in [1.165, 1.54) is 12.3 Å². The summed E-state index contributed by atoms with van der Waals surface area (Å²) in [5.74, 6) is -0.295. The molecule has 0 atom stereocenters. The molecule has 98 valence electrons. The number of pyridine rings is 1. The van der Waals surface area contributed by atoms with Gasteiger partial charge in [0.25, 0.3) is 5.91 Å². The zero-order valence-electron chi connectivity index (χ0n) is 9.79. The van der Waals surface area contributed by atoms with Gasteiger partial charge in [-0.15, -0.1) is 6.58 Å². The van der Waals surface area contributed by atoms with Gasteiger partial charge in [-0.1, -0.05) is 29.3 Å². The Morgan fingerprint density at radius 3 is 3.00 bits per heavy atom. The first-order valence-corrected chi connectivity index (χ1v) is 6.18. The molecule has 0 radical (unpaired) electrons. The van der Waals surface area contributed by atoms with E-state index in [1.807, 2.05) is 0 Å². The van der Waals surface area contributed by atoms with E-state index in [2.05, 4.69) is 16.9 Å². The van der Waals surface area contributed by atoms with Crippen molar-refractivity contribution in [2.45, 2.75) is 6.42 Å². The molecule has 1 N–H and O–H groups in total. The second kappa shape index (κ2) is 8.08. The van der Waals surface area contributed by atoms with E-state index in [4.69, 9.17) is 27.9 Å². The number of hydrogen-bond donors (Lipinski definition) is 1. The Hall–Kier alpha value is -1.10. The van der Waals surface area contributed by atoms with Crippen LogP contribution in [0.5, 0.6) is 0 Å². The molecule has 0 spiro atoms. The highest BCUT2D eigenvalue weighted by atomic mass is 35.5. The normalized spacial score (nSPS) is 10.1. The molecule has 0 fully saturated rings. The van der Waals surface area contributed by atoms with Gasteiger partial charge in [-0.3, -0.25) is 4.79 Å². The molecule has 0 saturated heterocycles. The largest absolute Gasteiger partial charge is 0.379 e.